The van der Waals surface area contributed by atoms with E-state index in [1.807, 2.05) is 7.11 Å². The largest absolute Gasteiger partial charge is 0.497 e. The molecule has 1 saturated carbocycles. The van der Waals surface area contributed by atoms with Crippen molar-refractivity contribution in [3.05, 3.63) is 40.5 Å². The molecule has 0 saturated heterocycles. The fourth-order valence-corrected chi connectivity index (χ4v) is 5.91. The highest BCUT2D eigenvalue weighted by Crippen LogP contribution is 2.61. The lowest BCUT2D eigenvalue weighted by Gasteiger charge is -2.49. The van der Waals surface area contributed by atoms with E-state index < -0.39 is 0 Å². The third-order valence-electron chi connectivity index (χ3n) is 7.29. The minimum absolute atomic E-state index is 0.261. The van der Waals surface area contributed by atoms with Crippen LogP contribution < -0.4 is 4.74 Å². The van der Waals surface area contributed by atoms with Crippen molar-refractivity contribution in [3.63, 3.8) is 0 Å². The zero-order chi connectivity index (χ0) is 16.9. The van der Waals surface area contributed by atoms with Gasteiger partial charge in [-0.15, -0.1) is 0 Å². The molecule has 0 amide bonds. The van der Waals surface area contributed by atoms with Gasteiger partial charge in [0.1, 0.15) is 5.75 Å². The summed E-state index contributed by atoms with van der Waals surface area (Å²) in [4.78, 5) is 0. The number of rotatable bonds is 3. The molecule has 130 valence electrons. The minimum atomic E-state index is 0.261. The summed E-state index contributed by atoms with van der Waals surface area (Å²) in [5, 5.41) is 0. The number of fused-ring (bicyclic) bond motifs is 4. The van der Waals surface area contributed by atoms with Gasteiger partial charge in [-0.2, -0.15) is 0 Å². The van der Waals surface area contributed by atoms with Gasteiger partial charge in [0.25, 0.3) is 0 Å². The van der Waals surface area contributed by atoms with Crippen LogP contribution in [0.5, 0.6) is 5.75 Å². The molecule has 1 aromatic rings. The molecule has 1 aromatic carbocycles. The van der Waals surface area contributed by atoms with E-state index in [-0.39, 0.29) is 5.41 Å². The van der Waals surface area contributed by atoms with Crippen LogP contribution in [0.3, 0.4) is 0 Å². The molecular formula is C22H30O2. The quantitative estimate of drug-likeness (QED) is 0.711. The number of hydrogen-bond donors (Lipinski definition) is 0. The van der Waals surface area contributed by atoms with E-state index >= 15 is 0 Å². The van der Waals surface area contributed by atoms with Gasteiger partial charge in [0.2, 0.25) is 0 Å². The summed E-state index contributed by atoms with van der Waals surface area (Å²) >= 11 is 0. The Bertz CT molecular complexity index is 689. The zero-order valence-corrected chi connectivity index (χ0v) is 15.6. The van der Waals surface area contributed by atoms with Gasteiger partial charge in [-0.3, -0.25) is 0 Å². The van der Waals surface area contributed by atoms with Gasteiger partial charge in [-0.05, 0) is 73.6 Å². The predicted octanol–water partition coefficient (Wildman–Crippen LogP) is 5.19. The lowest BCUT2D eigenvalue weighted by atomic mass is 9.55. The summed E-state index contributed by atoms with van der Waals surface area (Å²) in [6.07, 6.45) is 8.93. The maximum atomic E-state index is 5.76. The van der Waals surface area contributed by atoms with Crippen LogP contribution in [-0.4, -0.2) is 20.3 Å². The third-order valence-corrected chi connectivity index (χ3v) is 7.29. The van der Waals surface area contributed by atoms with Crippen molar-refractivity contribution in [2.75, 3.05) is 14.2 Å². The van der Waals surface area contributed by atoms with Crippen LogP contribution in [0.1, 0.15) is 63.5 Å². The molecule has 1 fully saturated rings. The average molecular weight is 326 g/mol. The van der Waals surface area contributed by atoms with Crippen molar-refractivity contribution in [1.82, 2.24) is 0 Å². The van der Waals surface area contributed by atoms with Crippen LogP contribution in [-0.2, 0) is 16.6 Å². The molecule has 0 heterocycles. The first kappa shape index (κ1) is 16.2. The normalized spacial score (nSPS) is 34.6. The molecule has 0 N–H and O–H groups in total. The summed E-state index contributed by atoms with van der Waals surface area (Å²) in [5.41, 5.74) is 7.21. The number of benzene rings is 1. The molecule has 0 spiro atoms. The smallest absolute Gasteiger partial charge is 0.119 e. The third kappa shape index (κ3) is 2.12. The molecule has 3 aliphatic carbocycles. The Labute approximate surface area is 146 Å². The fourth-order valence-electron chi connectivity index (χ4n) is 5.91. The van der Waals surface area contributed by atoms with E-state index in [1.165, 1.54) is 37.7 Å². The van der Waals surface area contributed by atoms with E-state index in [4.69, 9.17) is 9.47 Å². The molecule has 0 aromatic heterocycles. The van der Waals surface area contributed by atoms with Crippen LogP contribution in [0.2, 0.25) is 0 Å². The Morgan fingerprint density at radius 1 is 1.12 bits per heavy atom. The van der Waals surface area contributed by atoms with Crippen molar-refractivity contribution in [2.24, 2.45) is 5.41 Å². The lowest BCUT2D eigenvalue weighted by Crippen LogP contribution is -2.40. The molecule has 0 radical (unpaired) electrons. The molecule has 3 atom stereocenters. The van der Waals surface area contributed by atoms with E-state index in [2.05, 4.69) is 32.0 Å². The molecule has 24 heavy (non-hydrogen) atoms. The zero-order valence-electron chi connectivity index (χ0n) is 15.6. The van der Waals surface area contributed by atoms with Crippen LogP contribution in [0.4, 0.5) is 0 Å². The second-order valence-electron chi connectivity index (χ2n) is 8.24. The van der Waals surface area contributed by atoms with Gasteiger partial charge in [-0.1, -0.05) is 31.1 Å². The second kappa shape index (κ2) is 5.62. The summed E-state index contributed by atoms with van der Waals surface area (Å²) in [6.45, 7) is 4.86. The standard InChI is InChI=1S/C22H30O2/c1-5-22-11-10-21(2)14-17(24-4)13-20(21)19(22)8-6-15-12-16(23-3)7-9-18(15)22/h7,9,12,17H,5-6,8,10-11,13-14H2,1-4H3/t17-,21-,22-/m1/s1. The van der Waals surface area contributed by atoms with Gasteiger partial charge in [0.15, 0.2) is 0 Å². The number of methoxy groups -OCH3 is 2. The number of allylic oxidation sites excluding steroid dienone is 1. The predicted molar refractivity (Wildman–Crippen MR) is 97.7 cm³/mol. The summed E-state index contributed by atoms with van der Waals surface area (Å²) in [7, 11) is 3.65. The molecule has 3 aliphatic rings. The van der Waals surface area contributed by atoms with Crippen LogP contribution in [0.25, 0.3) is 0 Å². The highest BCUT2D eigenvalue weighted by atomic mass is 16.5. The topological polar surface area (TPSA) is 18.5 Å². The molecule has 0 aliphatic heterocycles. The van der Waals surface area contributed by atoms with E-state index in [9.17, 15) is 0 Å². The van der Waals surface area contributed by atoms with Crippen molar-refractivity contribution in [2.45, 2.75) is 70.3 Å². The van der Waals surface area contributed by atoms with E-state index in [1.54, 1.807) is 23.8 Å². The Morgan fingerprint density at radius 2 is 1.96 bits per heavy atom. The summed E-state index contributed by atoms with van der Waals surface area (Å²) < 4.78 is 11.2. The first-order valence-corrected chi connectivity index (χ1v) is 9.49. The Hall–Kier alpha value is -1.28. The molecule has 0 bridgehead atoms. The van der Waals surface area contributed by atoms with Gasteiger partial charge >= 0.3 is 0 Å². The minimum Gasteiger partial charge on any atom is -0.497 e. The van der Waals surface area contributed by atoms with Gasteiger partial charge in [0.05, 0.1) is 13.2 Å². The number of hydrogen-bond acceptors (Lipinski definition) is 2. The first-order chi connectivity index (χ1) is 11.6. The average Bonchev–Trinajstić information content (AvgIpc) is 2.97. The van der Waals surface area contributed by atoms with E-state index in [0.29, 0.717) is 11.5 Å². The highest BCUT2D eigenvalue weighted by molar-refractivity contribution is 5.52. The lowest BCUT2D eigenvalue weighted by molar-refractivity contribution is 0.0944. The summed E-state index contributed by atoms with van der Waals surface area (Å²) in [5.74, 6) is 0.997. The van der Waals surface area contributed by atoms with Crippen LogP contribution in [0, 0.1) is 5.41 Å². The maximum Gasteiger partial charge on any atom is 0.119 e. The van der Waals surface area contributed by atoms with Crippen LogP contribution >= 0.6 is 0 Å². The SMILES string of the molecule is CC[C@]12CC[C@]3(C)C[C@H](OC)CC3=C1CCc1cc(OC)ccc12. The maximum absolute atomic E-state index is 5.76. The number of ether oxygens (including phenoxy) is 2. The van der Waals surface area contributed by atoms with Crippen molar-refractivity contribution < 1.29 is 9.47 Å². The highest BCUT2D eigenvalue weighted by Gasteiger charge is 2.51. The summed E-state index contributed by atoms with van der Waals surface area (Å²) in [6, 6.07) is 6.78. The molecular weight excluding hydrogens is 296 g/mol. The van der Waals surface area contributed by atoms with Crippen molar-refractivity contribution >= 4 is 0 Å². The van der Waals surface area contributed by atoms with Gasteiger partial charge < -0.3 is 9.47 Å². The van der Waals surface area contributed by atoms with Gasteiger partial charge in [0, 0.05) is 12.5 Å². The molecule has 2 nitrogen and oxygen atoms in total. The Balaban J connectivity index is 1.86. The second-order valence-corrected chi connectivity index (χ2v) is 8.24. The van der Waals surface area contributed by atoms with Crippen LogP contribution in [0.15, 0.2) is 29.3 Å². The Kier molecular flexibility index (Phi) is 3.80. The first-order valence-electron chi connectivity index (χ1n) is 9.49. The molecule has 2 heteroatoms. The van der Waals surface area contributed by atoms with Crippen molar-refractivity contribution in [3.8, 4) is 5.75 Å². The molecule has 0 unspecified atom stereocenters. The number of aryl methyl sites for hydroxylation is 1. The van der Waals surface area contributed by atoms with E-state index in [0.717, 1.165) is 18.6 Å². The van der Waals surface area contributed by atoms with Gasteiger partial charge in [-0.25, -0.2) is 0 Å². The molecule has 4 rings (SSSR count). The van der Waals surface area contributed by atoms with Crippen molar-refractivity contribution in [1.29, 1.82) is 0 Å². The monoisotopic (exact) mass is 326 g/mol. The Morgan fingerprint density at radius 3 is 2.67 bits per heavy atom. The fraction of sp³-hybridized carbons (Fsp3) is 0.636.